The summed E-state index contributed by atoms with van der Waals surface area (Å²) in [6.45, 7) is 7.83. The Morgan fingerprint density at radius 3 is 1.11 bits per heavy atom. The standard InChI is InChI=1S/C57H106O5/c1-4-7-10-13-16-19-22-25-28-31-34-37-40-43-46-49-52-60-53-55(62-57(59)51-48-45-42-39-36-33-30-27-24-21-18-15-12-9-6-3)54-61-56(58)50-47-44-41-38-35-32-29-26-23-20-17-14-11-8-5-2/h17,20,26-27,29-30,55H,4-16,18-19,21-25,28,31-54H2,1-3H3/b20-17-,29-26-,30-27-. The molecule has 0 aromatic carbocycles. The van der Waals surface area contributed by atoms with Crippen LogP contribution in [0.25, 0.3) is 0 Å². The second-order valence-corrected chi connectivity index (χ2v) is 18.5. The minimum atomic E-state index is -0.541. The third-order valence-electron chi connectivity index (χ3n) is 12.1. The summed E-state index contributed by atoms with van der Waals surface area (Å²) in [7, 11) is 0. The third-order valence-corrected chi connectivity index (χ3v) is 12.1. The Hall–Kier alpha value is -1.88. The summed E-state index contributed by atoms with van der Waals surface area (Å²) < 4.78 is 17.4. The van der Waals surface area contributed by atoms with E-state index in [1.54, 1.807) is 0 Å². The van der Waals surface area contributed by atoms with Crippen LogP contribution < -0.4 is 0 Å². The molecule has 0 radical (unpaired) electrons. The summed E-state index contributed by atoms with van der Waals surface area (Å²) in [4.78, 5) is 25.4. The van der Waals surface area contributed by atoms with Gasteiger partial charge in [-0.2, -0.15) is 0 Å². The van der Waals surface area contributed by atoms with Crippen molar-refractivity contribution >= 4 is 11.9 Å². The van der Waals surface area contributed by atoms with Gasteiger partial charge in [-0.1, -0.05) is 237 Å². The quantitative estimate of drug-likeness (QED) is 0.0346. The van der Waals surface area contributed by atoms with Crippen LogP contribution in [-0.4, -0.2) is 37.9 Å². The zero-order valence-corrected chi connectivity index (χ0v) is 41.9. The Balaban J connectivity index is 4.27. The molecule has 0 saturated heterocycles. The van der Waals surface area contributed by atoms with Crippen LogP contribution in [0, 0.1) is 0 Å². The van der Waals surface area contributed by atoms with Gasteiger partial charge in [-0.3, -0.25) is 9.59 Å². The van der Waals surface area contributed by atoms with Crippen molar-refractivity contribution in [1.29, 1.82) is 0 Å². The Kier molecular flexibility index (Phi) is 51.8. The SMILES string of the molecule is CCCCC/C=C\C/C=C\CCCCCCCC(=O)OCC(COCCCCCCCCCCCCCCCCCC)OC(=O)CCCCCCC/C=C\CCCCCCCC. The Morgan fingerprint density at radius 1 is 0.355 bits per heavy atom. The average Bonchev–Trinajstić information content (AvgIpc) is 3.27. The molecule has 1 unspecified atom stereocenters. The molecule has 0 saturated carbocycles. The first-order valence-electron chi connectivity index (χ1n) is 27.5. The van der Waals surface area contributed by atoms with E-state index in [0.29, 0.717) is 19.4 Å². The average molecular weight is 871 g/mol. The minimum Gasteiger partial charge on any atom is -0.462 e. The van der Waals surface area contributed by atoms with Crippen LogP contribution in [0.15, 0.2) is 36.5 Å². The zero-order valence-electron chi connectivity index (χ0n) is 41.9. The fourth-order valence-corrected chi connectivity index (χ4v) is 8.01. The summed E-state index contributed by atoms with van der Waals surface area (Å²) in [6, 6.07) is 0. The van der Waals surface area contributed by atoms with Crippen molar-refractivity contribution in [3.8, 4) is 0 Å². The molecular weight excluding hydrogens is 765 g/mol. The van der Waals surface area contributed by atoms with Crippen LogP contribution in [0.5, 0.6) is 0 Å². The number of carbonyl (C=O) groups is 2. The first-order valence-corrected chi connectivity index (χ1v) is 27.5. The Morgan fingerprint density at radius 2 is 0.677 bits per heavy atom. The van der Waals surface area contributed by atoms with Crippen LogP contribution in [0.2, 0.25) is 0 Å². The van der Waals surface area contributed by atoms with Crippen LogP contribution in [0.3, 0.4) is 0 Å². The minimum absolute atomic E-state index is 0.0795. The molecule has 0 heterocycles. The number of allylic oxidation sites excluding steroid dienone is 6. The second-order valence-electron chi connectivity index (χ2n) is 18.5. The Labute approximate surface area is 387 Å². The molecule has 0 aromatic rings. The number of hydrogen-bond acceptors (Lipinski definition) is 5. The predicted octanol–water partition coefficient (Wildman–Crippen LogP) is 18.6. The van der Waals surface area contributed by atoms with Gasteiger partial charge in [0.05, 0.1) is 6.61 Å². The zero-order chi connectivity index (χ0) is 44.9. The lowest BCUT2D eigenvalue weighted by Crippen LogP contribution is -2.30. The van der Waals surface area contributed by atoms with Crippen molar-refractivity contribution in [3.63, 3.8) is 0 Å². The van der Waals surface area contributed by atoms with Crippen LogP contribution in [-0.2, 0) is 23.8 Å². The maximum atomic E-state index is 12.8. The van der Waals surface area contributed by atoms with E-state index in [9.17, 15) is 9.59 Å². The highest BCUT2D eigenvalue weighted by molar-refractivity contribution is 5.70. The lowest BCUT2D eigenvalue weighted by atomic mass is 10.0. The number of ether oxygens (including phenoxy) is 3. The van der Waals surface area contributed by atoms with Crippen molar-refractivity contribution in [2.75, 3.05) is 19.8 Å². The van der Waals surface area contributed by atoms with Gasteiger partial charge in [0.2, 0.25) is 0 Å². The van der Waals surface area contributed by atoms with Crippen LogP contribution >= 0.6 is 0 Å². The topological polar surface area (TPSA) is 61.8 Å². The van der Waals surface area contributed by atoms with Crippen molar-refractivity contribution < 1.29 is 23.8 Å². The molecule has 0 amide bonds. The van der Waals surface area contributed by atoms with Gasteiger partial charge >= 0.3 is 11.9 Å². The van der Waals surface area contributed by atoms with Gasteiger partial charge < -0.3 is 14.2 Å². The van der Waals surface area contributed by atoms with E-state index < -0.39 is 6.10 Å². The highest BCUT2D eigenvalue weighted by Crippen LogP contribution is 2.15. The molecule has 0 spiro atoms. The summed E-state index contributed by atoms with van der Waals surface area (Å²) in [6.07, 6.45) is 64.4. The van der Waals surface area contributed by atoms with Crippen molar-refractivity contribution in [1.82, 2.24) is 0 Å². The van der Waals surface area contributed by atoms with E-state index >= 15 is 0 Å². The van der Waals surface area contributed by atoms with E-state index in [1.807, 2.05) is 0 Å². The van der Waals surface area contributed by atoms with E-state index in [-0.39, 0.29) is 25.2 Å². The van der Waals surface area contributed by atoms with E-state index in [0.717, 1.165) is 64.2 Å². The molecule has 0 fully saturated rings. The van der Waals surface area contributed by atoms with Gasteiger partial charge in [-0.05, 0) is 77.0 Å². The lowest BCUT2D eigenvalue weighted by molar-refractivity contribution is -0.163. The fourth-order valence-electron chi connectivity index (χ4n) is 8.01. The summed E-state index contributed by atoms with van der Waals surface area (Å²) in [5.41, 5.74) is 0. The van der Waals surface area contributed by atoms with E-state index in [4.69, 9.17) is 14.2 Å². The van der Waals surface area contributed by atoms with Gasteiger partial charge in [0.25, 0.3) is 0 Å². The predicted molar refractivity (Wildman–Crippen MR) is 270 cm³/mol. The molecule has 0 rings (SSSR count). The van der Waals surface area contributed by atoms with E-state index in [1.165, 1.54) is 193 Å². The first-order chi connectivity index (χ1) is 30.6. The molecule has 0 aliphatic carbocycles. The van der Waals surface area contributed by atoms with Gasteiger partial charge in [-0.15, -0.1) is 0 Å². The summed E-state index contributed by atoms with van der Waals surface area (Å²) in [5, 5.41) is 0. The molecule has 0 bridgehead atoms. The molecule has 5 heteroatoms. The van der Waals surface area contributed by atoms with Crippen molar-refractivity contribution in [2.24, 2.45) is 0 Å². The van der Waals surface area contributed by atoms with Crippen LogP contribution in [0.1, 0.15) is 290 Å². The summed E-state index contributed by atoms with van der Waals surface area (Å²) >= 11 is 0. The first kappa shape index (κ1) is 60.1. The molecular formula is C57H106O5. The van der Waals surface area contributed by atoms with Gasteiger partial charge in [0.15, 0.2) is 6.10 Å². The number of esters is 2. The van der Waals surface area contributed by atoms with Gasteiger partial charge in [0.1, 0.15) is 6.61 Å². The van der Waals surface area contributed by atoms with Crippen LogP contribution in [0.4, 0.5) is 0 Å². The highest BCUT2D eigenvalue weighted by Gasteiger charge is 2.17. The van der Waals surface area contributed by atoms with Crippen molar-refractivity contribution in [3.05, 3.63) is 36.5 Å². The smallest absolute Gasteiger partial charge is 0.306 e. The molecule has 1 atom stereocenters. The molecule has 0 aliphatic heterocycles. The monoisotopic (exact) mass is 871 g/mol. The third kappa shape index (κ3) is 50.8. The second kappa shape index (κ2) is 53.5. The largest absolute Gasteiger partial charge is 0.462 e. The number of rotatable bonds is 51. The Bertz CT molecular complexity index is 986. The number of carbonyl (C=O) groups excluding carboxylic acids is 2. The van der Waals surface area contributed by atoms with E-state index in [2.05, 4.69) is 57.2 Å². The molecule has 0 aromatic heterocycles. The summed E-state index contributed by atoms with van der Waals surface area (Å²) in [5.74, 6) is -0.407. The fraction of sp³-hybridized carbons (Fsp3) is 0.860. The maximum Gasteiger partial charge on any atom is 0.306 e. The van der Waals surface area contributed by atoms with Gasteiger partial charge in [0, 0.05) is 19.4 Å². The maximum absolute atomic E-state index is 12.8. The normalized spacial score (nSPS) is 12.4. The number of unbranched alkanes of at least 4 members (excludes halogenated alkanes) is 34. The lowest BCUT2D eigenvalue weighted by Gasteiger charge is -2.18. The molecule has 0 N–H and O–H groups in total. The molecule has 62 heavy (non-hydrogen) atoms. The molecule has 0 aliphatic rings. The van der Waals surface area contributed by atoms with Gasteiger partial charge in [-0.25, -0.2) is 0 Å². The van der Waals surface area contributed by atoms with Crippen molar-refractivity contribution in [2.45, 2.75) is 297 Å². The molecule has 5 nitrogen and oxygen atoms in total. The molecule has 364 valence electrons. The number of hydrogen-bond donors (Lipinski definition) is 0. The highest BCUT2D eigenvalue weighted by atomic mass is 16.6.